The van der Waals surface area contributed by atoms with Crippen LogP contribution in [0.5, 0.6) is 0 Å². The number of hydrogen-bond donors (Lipinski definition) is 3. The van der Waals surface area contributed by atoms with Crippen LogP contribution in [0.25, 0.3) is 0 Å². The van der Waals surface area contributed by atoms with Crippen LogP contribution in [-0.2, 0) is 0 Å². The Morgan fingerprint density at radius 1 is 0.917 bits per heavy atom. The van der Waals surface area contributed by atoms with Crippen molar-refractivity contribution in [3.05, 3.63) is 60.7 Å². The van der Waals surface area contributed by atoms with Gasteiger partial charge in [-0.25, -0.2) is 9.97 Å². The molecule has 0 amide bonds. The van der Waals surface area contributed by atoms with E-state index in [1.165, 1.54) is 6.33 Å². The van der Waals surface area contributed by atoms with E-state index in [0.29, 0.717) is 5.82 Å². The summed E-state index contributed by atoms with van der Waals surface area (Å²) in [5.41, 5.74) is 2.95. The van der Waals surface area contributed by atoms with Gasteiger partial charge in [-0.05, 0) is 55.7 Å². The Bertz CT molecular complexity index is 823. The topological polar surface area (TPSA) is 74.8 Å². The Hall–Kier alpha value is -2.64. The Morgan fingerprint density at radius 2 is 1.71 bits per heavy atom. The molecule has 24 heavy (non-hydrogen) atoms. The zero-order valence-electron chi connectivity index (χ0n) is 13.4. The molecule has 0 unspecified atom stereocenters. The SMILES string of the molecule is CNSc1cccc(Nc2cc(Nc3cncc(C)c3)ncn2)c1. The molecule has 0 aliphatic heterocycles. The fourth-order valence-electron chi connectivity index (χ4n) is 2.17. The Labute approximate surface area is 145 Å². The summed E-state index contributed by atoms with van der Waals surface area (Å²) in [6.45, 7) is 2.00. The van der Waals surface area contributed by atoms with Crippen LogP contribution in [0.4, 0.5) is 23.0 Å². The second-order valence-corrected chi connectivity index (χ2v) is 6.21. The number of aryl methyl sites for hydroxylation is 1. The standard InChI is InChI=1S/C17H18N6S/c1-12-6-14(10-19-9-12)23-17-8-16(20-11-21-17)22-13-4-3-5-15(7-13)24-18-2/h3-11,18H,1-2H3,(H2,20,21,22,23). The summed E-state index contributed by atoms with van der Waals surface area (Å²) in [6, 6.07) is 12.0. The number of aromatic nitrogens is 3. The lowest BCUT2D eigenvalue weighted by Gasteiger charge is -2.09. The third kappa shape index (κ3) is 4.43. The van der Waals surface area contributed by atoms with E-state index in [-0.39, 0.29) is 0 Å². The van der Waals surface area contributed by atoms with Gasteiger partial charge >= 0.3 is 0 Å². The van der Waals surface area contributed by atoms with Gasteiger partial charge in [0.15, 0.2) is 0 Å². The first-order valence-corrected chi connectivity index (χ1v) is 8.26. The predicted molar refractivity (Wildman–Crippen MR) is 98.9 cm³/mol. The second-order valence-electron chi connectivity index (χ2n) is 5.12. The smallest absolute Gasteiger partial charge is 0.135 e. The Kier molecular flexibility index (Phi) is 5.25. The van der Waals surface area contributed by atoms with E-state index in [1.54, 1.807) is 18.1 Å². The third-order valence-electron chi connectivity index (χ3n) is 3.14. The molecule has 0 fully saturated rings. The van der Waals surface area contributed by atoms with E-state index in [9.17, 15) is 0 Å². The van der Waals surface area contributed by atoms with E-state index in [2.05, 4.69) is 36.4 Å². The first kappa shape index (κ1) is 16.2. The molecule has 0 saturated carbocycles. The van der Waals surface area contributed by atoms with Crippen LogP contribution in [0.3, 0.4) is 0 Å². The van der Waals surface area contributed by atoms with Crippen LogP contribution in [0.15, 0.2) is 60.0 Å². The molecule has 3 rings (SSSR count). The van der Waals surface area contributed by atoms with Gasteiger partial charge in [-0.3, -0.25) is 9.71 Å². The zero-order valence-corrected chi connectivity index (χ0v) is 14.3. The number of nitrogens with one attached hydrogen (secondary N) is 3. The number of benzene rings is 1. The van der Waals surface area contributed by atoms with Crippen LogP contribution in [0.2, 0.25) is 0 Å². The zero-order chi connectivity index (χ0) is 16.8. The lowest BCUT2D eigenvalue weighted by Crippen LogP contribution is -1.99. The van der Waals surface area contributed by atoms with Gasteiger partial charge < -0.3 is 10.6 Å². The lowest BCUT2D eigenvalue weighted by molar-refractivity contribution is 1.16. The molecule has 6 nitrogen and oxygen atoms in total. The lowest BCUT2D eigenvalue weighted by atomic mass is 10.3. The molecule has 122 valence electrons. The van der Waals surface area contributed by atoms with E-state index in [4.69, 9.17) is 0 Å². The fraction of sp³-hybridized carbons (Fsp3) is 0.118. The molecule has 7 heteroatoms. The molecule has 0 atom stereocenters. The minimum atomic E-state index is 0.709. The molecule has 0 radical (unpaired) electrons. The highest BCUT2D eigenvalue weighted by molar-refractivity contribution is 7.97. The predicted octanol–water partition coefficient (Wildman–Crippen LogP) is 3.89. The Morgan fingerprint density at radius 3 is 2.46 bits per heavy atom. The van der Waals surface area contributed by atoms with Crippen LogP contribution < -0.4 is 15.4 Å². The molecule has 2 heterocycles. The summed E-state index contributed by atoms with van der Waals surface area (Å²) < 4.78 is 3.06. The number of hydrogen-bond acceptors (Lipinski definition) is 7. The van der Waals surface area contributed by atoms with E-state index >= 15 is 0 Å². The third-order valence-corrected chi connectivity index (χ3v) is 3.83. The van der Waals surface area contributed by atoms with Crippen LogP contribution in [-0.4, -0.2) is 22.0 Å². The van der Waals surface area contributed by atoms with Gasteiger partial charge in [0.25, 0.3) is 0 Å². The summed E-state index contributed by atoms with van der Waals surface area (Å²) in [4.78, 5) is 13.8. The minimum absolute atomic E-state index is 0.709. The summed E-state index contributed by atoms with van der Waals surface area (Å²) in [6.07, 6.45) is 5.11. The quantitative estimate of drug-likeness (QED) is 0.589. The van der Waals surface area contributed by atoms with Gasteiger partial charge in [0, 0.05) is 22.8 Å². The maximum Gasteiger partial charge on any atom is 0.135 e. The molecule has 0 aliphatic rings. The molecular formula is C17H18N6S. The van der Waals surface area contributed by atoms with Gasteiger partial charge in [0.1, 0.15) is 18.0 Å². The largest absolute Gasteiger partial charge is 0.340 e. The molecular weight excluding hydrogens is 320 g/mol. The first-order chi connectivity index (χ1) is 11.7. The number of anilines is 4. The highest BCUT2D eigenvalue weighted by atomic mass is 32.2. The van der Waals surface area contributed by atoms with Crippen molar-refractivity contribution in [2.24, 2.45) is 0 Å². The van der Waals surface area contributed by atoms with Crippen molar-refractivity contribution in [3.8, 4) is 0 Å². The molecule has 0 aliphatic carbocycles. The van der Waals surface area contributed by atoms with Crippen LogP contribution in [0.1, 0.15) is 5.56 Å². The summed E-state index contributed by atoms with van der Waals surface area (Å²) in [7, 11) is 1.90. The van der Waals surface area contributed by atoms with Gasteiger partial charge in [-0.2, -0.15) is 0 Å². The fourth-order valence-corrected chi connectivity index (χ4v) is 2.74. The molecule has 2 aromatic heterocycles. The minimum Gasteiger partial charge on any atom is -0.340 e. The number of rotatable bonds is 6. The van der Waals surface area contributed by atoms with E-state index in [1.807, 2.05) is 50.5 Å². The van der Waals surface area contributed by atoms with Gasteiger partial charge in [-0.1, -0.05) is 6.07 Å². The molecule has 3 aromatic rings. The van der Waals surface area contributed by atoms with Gasteiger partial charge in [0.05, 0.1) is 11.9 Å². The maximum atomic E-state index is 4.27. The normalized spacial score (nSPS) is 10.4. The summed E-state index contributed by atoms with van der Waals surface area (Å²) >= 11 is 1.56. The molecule has 0 saturated heterocycles. The molecule has 0 spiro atoms. The molecule has 1 aromatic carbocycles. The monoisotopic (exact) mass is 338 g/mol. The van der Waals surface area contributed by atoms with Crippen molar-refractivity contribution >= 4 is 35.0 Å². The second kappa shape index (κ2) is 7.76. The first-order valence-electron chi connectivity index (χ1n) is 7.44. The average Bonchev–Trinajstić information content (AvgIpc) is 2.56. The number of nitrogens with zero attached hydrogens (tertiary/aromatic N) is 3. The summed E-state index contributed by atoms with van der Waals surface area (Å²) in [5.74, 6) is 1.43. The highest BCUT2D eigenvalue weighted by Crippen LogP contribution is 2.22. The van der Waals surface area contributed by atoms with Crippen molar-refractivity contribution < 1.29 is 0 Å². The van der Waals surface area contributed by atoms with Gasteiger partial charge in [-0.15, -0.1) is 0 Å². The molecule has 3 N–H and O–H groups in total. The van der Waals surface area contributed by atoms with Crippen molar-refractivity contribution in [1.29, 1.82) is 0 Å². The maximum absolute atomic E-state index is 4.27. The van der Waals surface area contributed by atoms with E-state index < -0.39 is 0 Å². The van der Waals surface area contributed by atoms with Crippen molar-refractivity contribution in [3.63, 3.8) is 0 Å². The molecule has 0 bridgehead atoms. The van der Waals surface area contributed by atoms with E-state index in [0.717, 1.165) is 27.7 Å². The highest BCUT2D eigenvalue weighted by Gasteiger charge is 2.02. The Balaban J connectivity index is 1.74. The number of pyridine rings is 1. The van der Waals surface area contributed by atoms with Gasteiger partial charge in [0.2, 0.25) is 0 Å². The van der Waals surface area contributed by atoms with Crippen molar-refractivity contribution in [2.45, 2.75) is 11.8 Å². The van der Waals surface area contributed by atoms with Crippen LogP contribution >= 0.6 is 11.9 Å². The van der Waals surface area contributed by atoms with Crippen LogP contribution in [0, 0.1) is 6.92 Å². The van der Waals surface area contributed by atoms with Crippen molar-refractivity contribution in [2.75, 3.05) is 17.7 Å². The summed E-state index contributed by atoms with van der Waals surface area (Å²) in [5, 5.41) is 6.53. The van der Waals surface area contributed by atoms with Crippen molar-refractivity contribution in [1.82, 2.24) is 19.7 Å². The average molecular weight is 338 g/mol.